The molecule has 4 nitrogen and oxygen atoms in total. The Morgan fingerprint density at radius 3 is 2.25 bits per heavy atom. The van der Waals surface area contributed by atoms with E-state index in [1.54, 1.807) is 4.90 Å². The Kier molecular flexibility index (Phi) is 6.52. The van der Waals surface area contributed by atoms with E-state index in [4.69, 9.17) is 0 Å². The number of hydrogen-bond donors (Lipinski definition) is 1. The number of benzene rings is 1. The van der Waals surface area contributed by atoms with Gasteiger partial charge in [-0.1, -0.05) is 26.0 Å². The minimum absolute atomic E-state index is 0.176. The van der Waals surface area contributed by atoms with Crippen LogP contribution in [0.5, 0.6) is 0 Å². The molecule has 0 saturated heterocycles. The summed E-state index contributed by atoms with van der Waals surface area (Å²) >= 11 is 0. The zero-order valence-electron chi connectivity index (χ0n) is 13.3. The van der Waals surface area contributed by atoms with Crippen LogP contribution in [0.15, 0.2) is 24.3 Å². The van der Waals surface area contributed by atoms with Gasteiger partial charge in [-0.15, -0.1) is 0 Å². The largest absolute Gasteiger partial charge is 0.378 e. The maximum atomic E-state index is 12.0. The molecule has 0 fully saturated rings. The van der Waals surface area contributed by atoms with Crippen LogP contribution in [-0.2, 0) is 11.3 Å². The summed E-state index contributed by atoms with van der Waals surface area (Å²) in [6.07, 6.45) is 0.546. The van der Waals surface area contributed by atoms with E-state index in [9.17, 15) is 4.79 Å². The standard InChI is InChI=1S/C16H27N3O/c1-13(2)17-11-10-16(20)19(5)12-14-6-8-15(9-7-14)18(3)4/h6-9,13,17H,10-12H2,1-5H3. The van der Waals surface area contributed by atoms with Gasteiger partial charge in [0, 0.05) is 52.4 Å². The van der Waals surface area contributed by atoms with Crippen molar-refractivity contribution in [3.63, 3.8) is 0 Å². The van der Waals surface area contributed by atoms with Gasteiger partial charge in [0.2, 0.25) is 5.91 Å². The minimum atomic E-state index is 0.176. The first-order valence-corrected chi connectivity index (χ1v) is 7.13. The highest BCUT2D eigenvalue weighted by Gasteiger charge is 2.09. The Balaban J connectivity index is 2.44. The molecule has 1 amide bonds. The minimum Gasteiger partial charge on any atom is -0.378 e. The van der Waals surface area contributed by atoms with E-state index in [2.05, 4.69) is 48.3 Å². The molecule has 0 unspecified atom stereocenters. The van der Waals surface area contributed by atoms with Crippen molar-refractivity contribution in [3.8, 4) is 0 Å². The number of rotatable bonds is 7. The number of nitrogens with zero attached hydrogens (tertiary/aromatic N) is 2. The molecule has 1 aromatic rings. The molecule has 0 saturated carbocycles. The quantitative estimate of drug-likeness (QED) is 0.829. The van der Waals surface area contributed by atoms with Gasteiger partial charge >= 0.3 is 0 Å². The predicted molar refractivity (Wildman–Crippen MR) is 85.0 cm³/mol. The second-order valence-electron chi connectivity index (χ2n) is 5.67. The SMILES string of the molecule is CC(C)NCCC(=O)N(C)Cc1ccc(N(C)C)cc1. The van der Waals surface area contributed by atoms with Crippen molar-refractivity contribution in [2.24, 2.45) is 0 Å². The van der Waals surface area contributed by atoms with Crippen molar-refractivity contribution >= 4 is 11.6 Å². The summed E-state index contributed by atoms with van der Waals surface area (Å²) in [7, 11) is 5.90. The van der Waals surface area contributed by atoms with Gasteiger partial charge in [0.15, 0.2) is 0 Å². The van der Waals surface area contributed by atoms with Crippen LogP contribution in [0.4, 0.5) is 5.69 Å². The van der Waals surface area contributed by atoms with Crippen LogP contribution in [0.1, 0.15) is 25.8 Å². The van der Waals surface area contributed by atoms with E-state index in [1.165, 1.54) is 5.69 Å². The molecule has 4 heteroatoms. The topological polar surface area (TPSA) is 35.6 Å². The molecule has 0 atom stereocenters. The summed E-state index contributed by atoms with van der Waals surface area (Å²) in [4.78, 5) is 15.8. The van der Waals surface area contributed by atoms with E-state index >= 15 is 0 Å². The normalized spacial score (nSPS) is 10.7. The molecule has 0 bridgehead atoms. The lowest BCUT2D eigenvalue weighted by Crippen LogP contribution is -2.31. The van der Waals surface area contributed by atoms with E-state index in [1.807, 2.05) is 21.1 Å². The first-order valence-electron chi connectivity index (χ1n) is 7.13. The monoisotopic (exact) mass is 277 g/mol. The Morgan fingerprint density at radius 1 is 1.15 bits per heavy atom. The molecule has 0 aliphatic heterocycles. The van der Waals surface area contributed by atoms with E-state index in [0.717, 1.165) is 12.1 Å². The molecule has 0 radical (unpaired) electrons. The molecular weight excluding hydrogens is 250 g/mol. The zero-order chi connectivity index (χ0) is 15.1. The van der Waals surface area contributed by atoms with Crippen LogP contribution in [0.25, 0.3) is 0 Å². The lowest BCUT2D eigenvalue weighted by Gasteiger charge is -2.19. The highest BCUT2D eigenvalue weighted by Crippen LogP contribution is 2.13. The van der Waals surface area contributed by atoms with Crippen molar-refractivity contribution < 1.29 is 4.79 Å². The second-order valence-corrected chi connectivity index (χ2v) is 5.67. The Morgan fingerprint density at radius 2 is 1.75 bits per heavy atom. The van der Waals surface area contributed by atoms with Gasteiger partial charge in [-0.05, 0) is 17.7 Å². The van der Waals surface area contributed by atoms with Crippen LogP contribution in [0.3, 0.4) is 0 Å². The fourth-order valence-electron chi connectivity index (χ4n) is 1.92. The third-order valence-electron chi connectivity index (χ3n) is 3.19. The number of anilines is 1. The molecule has 0 aromatic heterocycles. The van der Waals surface area contributed by atoms with Crippen LogP contribution in [-0.4, -0.2) is 44.5 Å². The van der Waals surface area contributed by atoms with Gasteiger partial charge in [0.25, 0.3) is 0 Å². The predicted octanol–water partition coefficient (Wildman–Crippen LogP) is 2.10. The maximum Gasteiger partial charge on any atom is 0.223 e. The summed E-state index contributed by atoms with van der Waals surface area (Å²) in [5, 5.41) is 3.26. The number of hydrogen-bond acceptors (Lipinski definition) is 3. The van der Waals surface area contributed by atoms with Gasteiger partial charge in [-0.25, -0.2) is 0 Å². The summed E-state index contributed by atoms with van der Waals surface area (Å²) in [5.74, 6) is 0.176. The molecule has 20 heavy (non-hydrogen) atoms. The average Bonchev–Trinajstić information content (AvgIpc) is 2.38. The third-order valence-corrected chi connectivity index (χ3v) is 3.19. The Labute approximate surface area is 122 Å². The second kappa shape index (κ2) is 7.90. The molecule has 0 aliphatic rings. The van der Waals surface area contributed by atoms with E-state index in [0.29, 0.717) is 19.0 Å². The highest BCUT2D eigenvalue weighted by atomic mass is 16.2. The van der Waals surface area contributed by atoms with Gasteiger partial charge in [-0.3, -0.25) is 4.79 Å². The van der Waals surface area contributed by atoms with Crippen molar-refractivity contribution in [1.82, 2.24) is 10.2 Å². The fourth-order valence-corrected chi connectivity index (χ4v) is 1.92. The van der Waals surface area contributed by atoms with Gasteiger partial charge in [0.05, 0.1) is 0 Å². The highest BCUT2D eigenvalue weighted by molar-refractivity contribution is 5.76. The number of carbonyl (C=O) groups is 1. The molecule has 1 aromatic carbocycles. The van der Waals surface area contributed by atoms with Crippen molar-refractivity contribution in [2.45, 2.75) is 32.9 Å². The van der Waals surface area contributed by atoms with Crippen molar-refractivity contribution in [2.75, 3.05) is 32.6 Å². The Hall–Kier alpha value is -1.55. The van der Waals surface area contributed by atoms with Gasteiger partial charge in [0.1, 0.15) is 0 Å². The molecule has 1 N–H and O–H groups in total. The fraction of sp³-hybridized carbons (Fsp3) is 0.562. The summed E-state index contributed by atoms with van der Waals surface area (Å²) in [5.41, 5.74) is 2.33. The summed E-state index contributed by atoms with van der Waals surface area (Å²) in [6.45, 7) is 5.57. The Bertz CT molecular complexity index is 412. The first-order chi connectivity index (χ1) is 9.40. The number of nitrogens with one attached hydrogen (secondary N) is 1. The molecule has 0 spiro atoms. The summed E-state index contributed by atoms with van der Waals surface area (Å²) in [6, 6.07) is 8.73. The van der Waals surface area contributed by atoms with Crippen LogP contribution >= 0.6 is 0 Å². The molecular formula is C16H27N3O. The molecule has 0 heterocycles. The summed E-state index contributed by atoms with van der Waals surface area (Å²) < 4.78 is 0. The third kappa shape index (κ3) is 5.61. The average molecular weight is 277 g/mol. The van der Waals surface area contributed by atoms with Crippen LogP contribution in [0.2, 0.25) is 0 Å². The van der Waals surface area contributed by atoms with E-state index < -0.39 is 0 Å². The first kappa shape index (κ1) is 16.5. The van der Waals surface area contributed by atoms with Gasteiger partial charge < -0.3 is 15.1 Å². The van der Waals surface area contributed by atoms with Crippen LogP contribution in [0, 0.1) is 0 Å². The smallest absolute Gasteiger partial charge is 0.223 e. The molecule has 112 valence electrons. The van der Waals surface area contributed by atoms with Crippen molar-refractivity contribution in [1.29, 1.82) is 0 Å². The number of carbonyl (C=O) groups excluding carboxylic acids is 1. The number of amides is 1. The molecule has 1 rings (SSSR count). The maximum absolute atomic E-state index is 12.0. The van der Waals surface area contributed by atoms with Gasteiger partial charge in [-0.2, -0.15) is 0 Å². The molecule has 0 aliphatic carbocycles. The zero-order valence-corrected chi connectivity index (χ0v) is 13.3. The van der Waals surface area contributed by atoms with Crippen molar-refractivity contribution in [3.05, 3.63) is 29.8 Å². The lowest BCUT2D eigenvalue weighted by molar-refractivity contribution is -0.130. The lowest BCUT2D eigenvalue weighted by atomic mass is 10.2. The van der Waals surface area contributed by atoms with Crippen LogP contribution < -0.4 is 10.2 Å². The van der Waals surface area contributed by atoms with E-state index in [-0.39, 0.29) is 5.91 Å².